The lowest BCUT2D eigenvalue weighted by atomic mass is 9.80. The number of anilines is 1. The maximum absolute atomic E-state index is 11.9. The fraction of sp³-hybridized carbons (Fsp3) is 0.562. The number of carbonyl (C=O) groups is 1. The molecule has 3 unspecified atom stereocenters. The van der Waals surface area contributed by atoms with Crippen LogP contribution in [-0.2, 0) is 4.79 Å². The van der Waals surface area contributed by atoms with Gasteiger partial charge in [0.15, 0.2) is 0 Å². The Labute approximate surface area is 115 Å². The van der Waals surface area contributed by atoms with E-state index in [1.807, 2.05) is 30.3 Å². The SMILES string of the molecule is CC1CCC(NCC(=O)Nc2ccccc2)C(C)C1. The highest BCUT2D eigenvalue weighted by Gasteiger charge is 2.25. The second kappa shape index (κ2) is 6.71. The van der Waals surface area contributed by atoms with Gasteiger partial charge in [-0.3, -0.25) is 4.79 Å². The highest BCUT2D eigenvalue weighted by Crippen LogP contribution is 2.28. The zero-order valence-electron chi connectivity index (χ0n) is 11.9. The number of para-hydroxylation sites is 1. The molecule has 0 heterocycles. The summed E-state index contributed by atoms with van der Waals surface area (Å²) in [7, 11) is 0. The molecule has 3 nitrogen and oxygen atoms in total. The molecular formula is C16H24N2O. The number of carbonyl (C=O) groups excluding carboxylic acids is 1. The van der Waals surface area contributed by atoms with Crippen molar-refractivity contribution in [2.75, 3.05) is 11.9 Å². The van der Waals surface area contributed by atoms with Crippen LogP contribution in [0.5, 0.6) is 0 Å². The van der Waals surface area contributed by atoms with E-state index in [0.717, 1.165) is 11.6 Å². The van der Waals surface area contributed by atoms with E-state index in [1.165, 1.54) is 19.3 Å². The van der Waals surface area contributed by atoms with Crippen LogP contribution in [0.4, 0.5) is 5.69 Å². The lowest BCUT2D eigenvalue weighted by molar-refractivity contribution is -0.115. The molecule has 1 amide bonds. The molecule has 3 atom stereocenters. The molecule has 0 aliphatic heterocycles. The molecule has 0 aromatic heterocycles. The van der Waals surface area contributed by atoms with Gasteiger partial charge in [-0.05, 0) is 43.2 Å². The van der Waals surface area contributed by atoms with Crippen LogP contribution in [0.15, 0.2) is 30.3 Å². The Morgan fingerprint density at radius 3 is 2.63 bits per heavy atom. The number of hydrogen-bond donors (Lipinski definition) is 2. The predicted octanol–water partition coefficient (Wildman–Crippen LogP) is 3.04. The van der Waals surface area contributed by atoms with Gasteiger partial charge in [0, 0.05) is 11.7 Å². The molecule has 0 bridgehead atoms. The van der Waals surface area contributed by atoms with Crippen LogP contribution in [-0.4, -0.2) is 18.5 Å². The summed E-state index contributed by atoms with van der Waals surface area (Å²) in [5, 5.41) is 6.30. The van der Waals surface area contributed by atoms with E-state index < -0.39 is 0 Å². The fourth-order valence-electron chi connectivity index (χ4n) is 2.92. The molecule has 0 radical (unpaired) electrons. The Hall–Kier alpha value is -1.35. The normalized spacial score (nSPS) is 26.9. The molecule has 1 aromatic rings. The first-order chi connectivity index (χ1) is 9.15. The van der Waals surface area contributed by atoms with Crippen LogP contribution >= 0.6 is 0 Å². The topological polar surface area (TPSA) is 41.1 Å². The molecule has 2 N–H and O–H groups in total. The van der Waals surface area contributed by atoms with Gasteiger partial charge < -0.3 is 10.6 Å². The first kappa shape index (κ1) is 14.1. The van der Waals surface area contributed by atoms with Crippen molar-refractivity contribution in [3.05, 3.63) is 30.3 Å². The van der Waals surface area contributed by atoms with Crippen LogP contribution < -0.4 is 10.6 Å². The van der Waals surface area contributed by atoms with Gasteiger partial charge >= 0.3 is 0 Å². The Kier molecular flexibility index (Phi) is 4.97. The van der Waals surface area contributed by atoms with Gasteiger partial charge in [0.2, 0.25) is 5.91 Å². The fourth-order valence-corrected chi connectivity index (χ4v) is 2.92. The van der Waals surface area contributed by atoms with Crippen molar-refractivity contribution in [3.63, 3.8) is 0 Å². The van der Waals surface area contributed by atoms with E-state index in [1.54, 1.807) is 0 Å². The van der Waals surface area contributed by atoms with Crippen molar-refractivity contribution in [2.24, 2.45) is 11.8 Å². The molecule has 1 aliphatic rings. The first-order valence-electron chi connectivity index (χ1n) is 7.23. The van der Waals surface area contributed by atoms with Gasteiger partial charge in [0.25, 0.3) is 0 Å². The molecule has 1 aliphatic carbocycles. The molecule has 1 saturated carbocycles. The Balaban J connectivity index is 1.74. The van der Waals surface area contributed by atoms with Gasteiger partial charge in [0.05, 0.1) is 6.54 Å². The number of benzene rings is 1. The Bertz CT molecular complexity index is 404. The van der Waals surface area contributed by atoms with Crippen LogP contribution in [0.3, 0.4) is 0 Å². The molecule has 1 fully saturated rings. The summed E-state index contributed by atoms with van der Waals surface area (Å²) in [6, 6.07) is 10.1. The van der Waals surface area contributed by atoms with E-state index in [9.17, 15) is 4.79 Å². The second-order valence-corrected chi connectivity index (χ2v) is 5.80. The Morgan fingerprint density at radius 1 is 1.21 bits per heavy atom. The number of hydrogen-bond acceptors (Lipinski definition) is 2. The summed E-state index contributed by atoms with van der Waals surface area (Å²) in [5.41, 5.74) is 0.861. The smallest absolute Gasteiger partial charge is 0.238 e. The molecule has 0 spiro atoms. The quantitative estimate of drug-likeness (QED) is 0.873. The van der Waals surface area contributed by atoms with Crippen LogP contribution in [0.25, 0.3) is 0 Å². The van der Waals surface area contributed by atoms with Crippen molar-refractivity contribution in [1.29, 1.82) is 0 Å². The van der Waals surface area contributed by atoms with Gasteiger partial charge in [-0.2, -0.15) is 0 Å². The van der Waals surface area contributed by atoms with E-state index >= 15 is 0 Å². The summed E-state index contributed by atoms with van der Waals surface area (Å²) in [6.07, 6.45) is 3.71. The van der Waals surface area contributed by atoms with Crippen molar-refractivity contribution < 1.29 is 4.79 Å². The van der Waals surface area contributed by atoms with Crippen LogP contribution in [0.1, 0.15) is 33.1 Å². The number of amides is 1. The third-order valence-electron chi connectivity index (χ3n) is 4.01. The number of nitrogens with one attached hydrogen (secondary N) is 2. The summed E-state index contributed by atoms with van der Waals surface area (Å²) >= 11 is 0. The Morgan fingerprint density at radius 2 is 1.95 bits per heavy atom. The summed E-state index contributed by atoms with van der Waals surface area (Å²) in [6.45, 7) is 5.00. The zero-order chi connectivity index (χ0) is 13.7. The van der Waals surface area contributed by atoms with E-state index in [2.05, 4.69) is 24.5 Å². The second-order valence-electron chi connectivity index (χ2n) is 5.80. The molecule has 3 heteroatoms. The van der Waals surface area contributed by atoms with E-state index in [4.69, 9.17) is 0 Å². The van der Waals surface area contributed by atoms with Gasteiger partial charge in [-0.25, -0.2) is 0 Å². The standard InChI is InChI=1S/C16H24N2O/c1-12-8-9-15(13(2)10-12)17-11-16(19)18-14-6-4-3-5-7-14/h3-7,12-13,15,17H,8-11H2,1-2H3,(H,18,19). The van der Waals surface area contributed by atoms with E-state index in [-0.39, 0.29) is 5.91 Å². The molecule has 1 aromatic carbocycles. The summed E-state index contributed by atoms with van der Waals surface area (Å²) in [5.74, 6) is 1.52. The summed E-state index contributed by atoms with van der Waals surface area (Å²) in [4.78, 5) is 11.9. The third kappa shape index (κ3) is 4.35. The average Bonchev–Trinajstić information content (AvgIpc) is 2.39. The zero-order valence-corrected chi connectivity index (χ0v) is 11.9. The molecule has 104 valence electrons. The highest BCUT2D eigenvalue weighted by molar-refractivity contribution is 5.92. The van der Waals surface area contributed by atoms with Crippen molar-refractivity contribution in [2.45, 2.75) is 39.2 Å². The van der Waals surface area contributed by atoms with Crippen LogP contribution in [0.2, 0.25) is 0 Å². The minimum absolute atomic E-state index is 0.0389. The monoisotopic (exact) mass is 260 g/mol. The van der Waals surface area contributed by atoms with Crippen molar-refractivity contribution in [1.82, 2.24) is 5.32 Å². The molecule has 19 heavy (non-hydrogen) atoms. The molecular weight excluding hydrogens is 236 g/mol. The molecule has 0 saturated heterocycles. The van der Waals surface area contributed by atoms with Crippen molar-refractivity contribution >= 4 is 11.6 Å². The van der Waals surface area contributed by atoms with Gasteiger partial charge in [-0.1, -0.05) is 32.0 Å². The molecule has 2 rings (SSSR count). The predicted molar refractivity (Wildman–Crippen MR) is 79.0 cm³/mol. The van der Waals surface area contributed by atoms with Crippen LogP contribution in [0, 0.1) is 11.8 Å². The van der Waals surface area contributed by atoms with Gasteiger partial charge in [-0.15, -0.1) is 0 Å². The number of rotatable bonds is 4. The third-order valence-corrected chi connectivity index (χ3v) is 4.01. The lowest BCUT2D eigenvalue weighted by Gasteiger charge is -2.33. The van der Waals surface area contributed by atoms with Crippen molar-refractivity contribution in [3.8, 4) is 0 Å². The average molecular weight is 260 g/mol. The maximum Gasteiger partial charge on any atom is 0.238 e. The first-order valence-corrected chi connectivity index (χ1v) is 7.23. The van der Waals surface area contributed by atoms with Gasteiger partial charge in [0.1, 0.15) is 0 Å². The largest absolute Gasteiger partial charge is 0.325 e. The minimum atomic E-state index is 0.0389. The lowest BCUT2D eigenvalue weighted by Crippen LogP contribution is -2.42. The van der Waals surface area contributed by atoms with E-state index in [0.29, 0.717) is 18.5 Å². The minimum Gasteiger partial charge on any atom is -0.325 e. The highest BCUT2D eigenvalue weighted by atomic mass is 16.1. The summed E-state index contributed by atoms with van der Waals surface area (Å²) < 4.78 is 0. The maximum atomic E-state index is 11.9.